The van der Waals surface area contributed by atoms with E-state index in [1.165, 1.54) is 39.9 Å². The molecule has 0 saturated carbocycles. The Bertz CT molecular complexity index is 416. The molecule has 0 nitrogen and oxygen atoms in total. The molecule has 3 heteroatoms. The monoisotopic (exact) mass is 392 g/mol. The molecule has 0 heterocycles. The van der Waals surface area contributed by atoms with E-state index >= 15 is 0 Å². The topological polar surface area (TPSA) is 0 Å². The van der Waals surface area contributed by atoms with Gasteiger partial charge in [-0.1, -0.05) is 77.8 Å². The molecule has 2 rings (SSSR count). The second-order valence-corrected chi connectivity index (χ2v) is 11.8. The molecule has 0 aliphatic rings. The second kappa shape index (κ2) is 14.4. The minimum Gasteiger partial charge on any atom is -0.0904 e. The molecule has 0 saturated heterocycles. The normalized spacial score (nSPS) is 11.0. The minimum absolute atomic E-state index is 0.528. The molecule has 0 fully saturated rings. The van der Waals surface area contributed by atoms with Crippen LogP contribution in [0, 0.1) is 0 Å². The molecule has 0 aliphatic heterocycles. The Morgan fingerprint density at radius 2 is 1.09 bits per heavy atom. The summed E-state index contributed by atoms with van der Waals surface area (Å²) in [6.45, 7) is 4.53. The first kappa shape index (κ1) is 19.9. The van der Waals surface area contributed by atoms with E-state index in [9.17, 15) is 0 Å². The van der Waals surface area contributed by atoms with E-state index in [0.717, 1.165) is 17.2 Å². The van der Waals surface area contributed by atoms with E-state index in [2.05, 4.69) is 74.5 Å². The van der Waals surface area contributed by atoms with Gasteiger partial charge in [0.2, 0.25) is 0 Å². The maximum atomic E-state index is 2.27. The average molecular weight is 391 g/mol. The molecule has 2 aromatic carbocycles. The van der Waals surface area contributed by atoms with Crippen LogP contribution in [0.3, 0.4) is 0 Å². The minimum atomic E-state index is 0.528. The van der Waals surface area contributed by atoms with Crippen molar-refractivity contribution in [3.8, 4) is 0 Å². The molecular formula is C19H28GeP2. The van der Waals surface area contributed by atoms with Gasteiger partial charge in [-0.3, -0.25) is 0 Å². The summed E-state index contributed by atoms with van der Waals surface area (Å²) in [5, 5.41) is 5.93. The largest absolute Gasteiger partial charge is 0.0904 e. The third-order valence-corrected chi connectivity index (χ3v) is 7.85. The van der Waals surface area contributed by atoms with Gasteiger partial charge in [0.05, 0.1) is 0 Å². The fourth-order valence-corrected chi connectivity index (χ4v) is 5.46. The molecule has 2 radical (unpaired) electrons. The van der Waals surface area contributed by atoms with Crippen LogP contribution in [0.15, 0.2) is 60.7 Å². The van der Waals surface area contributed by atoms with Crippen molar-refractivity contribution in [2.45, 2.75) is 30.8 Å². The van der Waals surface area contributed by atoms with Crippen LogP contribution in [-0.4, -0.2) is 27.8 Å². The first-order valence-corrected chi connectivity index (χ1v) is 13.5. The van der Waals surface area contributed by atoms with Crippen LogP contribution in [0.1, 0.15) is 20.3 Å². The fraction of sp³-hybridized carbons (Fsp3) is 0.368. The van der Waals surface area contributed by atoms with Crippen LogP contribution in [0.4, 0.5) is 0 Å². The Morgan fingerprint density at radius 3 is 1.41 bits per heavy atom. The molecule has 2 unspecified atom stereocenters. The molecule has 0 aliphatic carbocycles. The molecule has 0 spiro atoms. The molecule has 2 aromatic rings. The summed E-state index contributed by atoms with van der Waals surface area (Å²) in [5.41, 5.74) is 0. The van der Waals surface area contributed by atoms with Crippen LogP contribution in [0.5, 0.6) is 0 Å². The molecule has 0 bridgehead atoms. The van der Waals surface area contributed by atoms with Gasteiger partial charge in [0.15, 0.2) is 0 Å². The summed E-state index contributed by atoms with van der Waals surface area (Å²) in [6.07, 6.45) is 4.02. The Hall–Kier alpha value is -0.157. The van der Waals surface area contributed by atoms with Gasteiger partial charge < -0.3 is 0 Å². The van der Waals surface area contributed by atoms with Crippen molar-refractivity contribution < 1.29 is 0 Å². The average Bonchev–Trinajstić information content (AvgIpc) is 2.58. The van der Waals surface area contributed by atoms with Crippen molar-refractivity contribution in [2.75, 3.05) is 12.3 Å². The Labute approximate surface area is 146 Å². The van der Waals surface area contributed by atoms with Crippen LogP contribution in [0.2, 0.25) is 10.5 Å². The molecule has 22 heavy (non-hydrogen) atoms. The van der Waals surface area contributed by atoms with Gasteiger partial charge in [0.25, 0.3) is 0 Å². The fourth-order valence-electron chi connectivity index (χ4n) is 1.92. The van der Waals surface area contributed by atoms with E-state index in [4.69, 9.17) is 0 Å². The van der Waals surface area contributed by atoms with Crippen molar-refractivity contribution >= 4 is 43.2 Å². The van der Waals surface area contributed by atoms with Gasteiger partial charge in [-0.25, -0.2) is 0 Å². The number of rotatable bonds is 8. The molecule has 0 amide bonds. The summed E-state index contributed by atoms with van der Waals surface area (Å²) in [6, 6.07) is 21.6. The SMILES string of the molecule is C[CH2][Ge][CH2]C.c1ccc(PCCCPc2ccccc2)cc1. The zero-order chi connectivity index (χ0) is 15.9. The van der Waals surface area contributed by atoms with E-state index in [1.54, 1.807) is 0 Å². The van der Waals surface area contributed by atoms with Crippen molar-refractivity contribution in [3.63, 3.8) is 0 Å². The summed E-state index contributed by atoms with van der Waals surface area (Å²) in [4.78, 5) is 0. The van der Waals surface area contributed by atoms with E-state index < -0.39 is 0 Å². The van der Waals surface area contributed by atoms with Crippen LogP contribution in [0.25, 0.3) is 0 Å². The smallest absolute Gasteiger partial charge is 0.0271 e. The third-order valence-electron chi connectivity index (χ3n) is 3.06. The number of benzene rings is 2. The molecular weight excluding hydrogens is 363 g/mol. The predicted octanol–water partition coefficient (Wildman–Crippen LogP) is 4.95. The summed E-state index contributed by atoms with van der Waals surface area (Å²) in [5.74, 6) is 0. The third kappa shape index (κ3) is 10.5. The van der Waals surface area contributed by atoms with Gasteiger partial charge in [0, 0.05) is 0 Å². The van der Waals surface area contributed by atoms with Crippen LogP contribution < -0.4 is 10.6 Å². The summed E-state index contributed by atoms with van der Waals surface area (Å²) < 4.78 is 0. The van der Waals surface area contributed by atoms with E-state index in [1.807, 2.05) is 0 Å². The number of hydrogen-bond donors (Lipinski definition) is 0. The van der Waals surface area contributed by atoms with Crippen molar-refractivity contribution in [1.82, 2.24) is 0 Å². The van der Waals surface area contributed by atoms with Gasteiger partial charge in [-0.2, -0.15) is 0 Å². The summed E-state index contributed by atoms with van der Waals surface area (Å²) >= 11 is 0.528. The Kier molecular flexibility index (Phi) is 13.1. The van der Waals surface area contributed by atoms with Crippen LogP contribution in [-0.2, 0) is 0 Å². The molecule has 0 aromatic heterocycles. The van der Waals surface area contributed by atoms with Gasteiger partial charge in [0.1, 0.15) is 0 Å². The van der Waals surface area contributed by atoms with Crippen molar-refractivity contribution in [1.29, 1.82) is 0 Å². The molecule has 2 atom stereocenters. The zero-order valence-electron chi connectivity index (χ0n) is 13.8. The maximum Gasteiger partial charge on any atom is -0.0271 e. The first-order valence-electron chi connectivity index (χ1n) is 8.15. The zero-order valence-corrected chi connectivity index (χ0v) is 17.9. The van der Waals surface area contributed by atoms with Crippen molar-refractivity contribution in [3.05, 3.63) is 60.7 Å². The van der Waals surface area contributed by atoms with Crippen molar-refractivity contribution in [2.24, 2.45) is 0 Å². The van der Waals surface area contributed by atoms with E-state index in [-0.39, 0.29) is 0 Å². The maximum absolute atomic E-state index is 2.27. The standard InChI is InChI=1S/C15H18P2.C4H10Ge/c1-3-8-14(9-4-1)16-12-7-13-17-15-10-5-2-6-11-15;1-3-5-4-2/h1-6,8-11,16-17H,7,12-13H2;3-4H2,1-2H3. The Morgan fingerprint density at radius 1 is 0.682 bits per heavy atom. The second-order valence-electron chi connectivity index (χ2n) is 4.90. The first-order chi connectivity index (χ1) is 10.9. The van der Waals surface area contributed by atoms with Gasteiger partial charge >= 0.3 is 39.8 Å². The Balaban J connectivity index is 0.000000422. The number of hydrogen-bond acceptors (Lipinski definition) is 0. The van der Waals surface area contributed by atoms with E-state index in [0.29, 0.717) is 15.4 Å². The van der Waals surface area contributed by atoms with Gasteiger partial charge in [-0.15, -0.1) is 0 Å². The molecule has 0 N–H and O–H groups in total. The predicted molar refractivity (Wildman–Crippen MR) is 110 cm³/mol. The summed E-state index contributed by atoms with van der Waals surface area (Å²) in [7, 11) is 1.95. The quantitative estimate of drug-likeness (QED) is 0.340. The van der Waals surface area contributed by atoms with Crippen LogP contribution >= 0.6 is 17.2 Å². The van der Waals surface area contributed by atoms with Gasteiger partial charge in [-0.05, 0) is 29.4 Å². The molecule has 118 valence electrons.